The molecule has 4 nitrogen and oxygen atoms in total. The fourth-order valence-corrected chi connectivity index (χ4v) is 9.22. The van der Waals surface area contributed by atoms with Crippen molar-refractivity contribution in [1.82, 2.24) is 0 Å². The quantitative estimate of drug-likeness (QED) is 0.222. The van der Waals surface area contributed by atoms with Crippen molar-refractivity contribution < 1.29 is 18.7 Å². The maximum absolute atomic E-state index is 11.4. The molecule has 0 aromatic heterocycles. The van der Waals surface area contributed by atoms with Crippen molar-refractivity contribution in [1.29, 1.82) is 0 Å². The second kappa shape index (κ2) is 10.1. The fourth-order valence-electron chi connectivity index (χ4n) is 3.81. The number of hydrogen-bond donors (Lipinski definition) is 0. The first-order valence-corrected chi connectivity index (χ1v) is 11.4. The van der Waals surface area contributed by atoms with Crippen LogP contribution in [0.2, 0.25) is 16.6 Å². The molecule has 5 heteroatoms. The lowest BCUT2D eigenvalue weighted by Gasteiger charge is -2.42. The van der Waals surface area contributed by atoms with Gasteiger partial charge in [-0.05, 0) is 41.2 Å². The number of aldehydes is 1. The molecule has 0 saturated heterocycles. The molecule has 0 aliphatic heterocycles. The van der Waals surface area contributed by atoms with Gasteiger partial charge in [-0.2, -0.15) is 0 Å². The van der Waals surface area contributed by atoms with E-state index in [2.05, 4.69) is 41.5 Å². The second-order valence-electron chi connectivity index (χ2n) is 7.35. The molecule has 0 aliphatic carbocycles. The highest BCUT2D eigenvalue weighted by atomic mass is 28.4. The number of carbonyl (C=O) groups excluding carboxylic acids is 1. The maximum atomic E-state index is 11.4. The van der Waals surface area contributed by atoms with Gasteiger partial charge in [0.15, 0.2) is 13.1 Å². The van der Waals surface area contributed by atoms with E-state index in [9.17, 15) is 4.79 Å². The van der Waals surface area contributed by atoms with Crippen LogP contribution in [0.25, 0.3) is 0 Å². The number of carbonyl (C=O) groups is 1. The first-order valence-electron chi connectivity index (χ1n) is 9.22. The van der Waals surface area contributed by atoms with Crippen LogP contribution in [-0.2, 0) is 15.8 Å². The van der Waals surface area contributed by atoms with Gasteiger partial charge in [0, 0.05) is 6.61 Å². The molecule has 0 atom stereocenters. The van der Waals surface area contributed by atoms with Gasteiger partial charge in [0.25, 0.3) is 0 Å². The Labute approximate surface area is 154 Å². The summed E-state index contributed by atoms with van der Waals surface area (Å²) in [7, 11) is -1.92. The van der Waals surface area contributed by atoms with Crippen molar-refractivity contribution in [2.45, 2.75) is 71.7 Å². The third kappa shape index (κ3) is 5.40. The average molecular weight is 367 g/mol. The van der Waals surface area contributed by atoms with E-state index in [1.165, 1.54) is 0 Å². The number of hydrogen-bond acceptors (Lipinski definition) is 4. The molecule has 0 radical (unpaired) electrons. The van der Waals surface area contributed by atoms with Crippen molar-refractivity contribution in [3.05, 3.63) is 29.3 Å². The van der Waals surface area contributed by atoms with Crippen molar-refractivity contribution in [3.8, 4) is 5.75 Å². The van der Waals surface area contributed by atoms with Crippen LogP contribution in [0, 0.1) is 0 Å². The molecule has 1 aromatic carbocycles. The number of ether oxygens (including phenoxy) is 2. The number of rotatable bonds is 11. The zero-order valence-electron chi connectivity index (χ0n) is 16.8. The lowest BCUT2D eigenvalue weighted by Crippen LogP contribution is -2.47. The van der Waals surface area contributed by atoms with E-state index in [-0.39, 0.29) is 6.79 Å². The Morgan fingerprint density at radius 2 is 1.64 bits per heavy atom. The highest BCUT2D eigenvalue weighted by Crippen LogP contribution is 2.42. The first-order chi connectivity index (χ1) is 11.8. The standard InChI is InChI=1S/C20H34O4Si/c1-8-22-14-23-20-10-9-18(11-19(20)12-21)13-24-25(15(2)3,16(4)5)17(6)7/h9-12,15-17H,8,13-14H2,1-7H3. The Morgan fingerprint density at radius 3 is 2.12 bits per heavy atom. The second-order valence-corrected chi connectivity index (χ2v) is 12.8. The van der Waals surface area contributed by atoms with Crippen LogP contribution < -0.4 is 4.74 Å². The molecule has 0 spiro atoms. The van der Waals surface area contributed by atoms with E-state index >= 15 is 0 Å². The summed E-state index contributed by atoms with van der Waals surface area (Å²) in [4.78, 5) is 11.4. The largest absolute Gasteiger partial charge is 0.467 e. The topological polar surface area (TPSA) is 44.8 Å². The Bertz CT molecular complexity index is 519. The summed E-state index contributed by atoms with van der Waals surface area (Å²) in [6.45, 7) is 16.8. The Morgan fingerprint density at radius 1 is 1.04 bits per heavy atom. The molecule has 1 aromatic rings. The summed E-state index contributed by atoms with van der Waals surface area (Å²) in [5.74, 6) is 0.548. The van der Waals surface area contributed by atoms with Gasteiger partial charge in [-0.25, -0.2) is 0 Å². The van der Waals surface area contributed by atoms with Crippen molar-refractivity contribution >= 4 is 14.6 Å². The van der Waals surface area contributed by atoms with Crippen LogP contribution in [0.15, 0.2) is 18.2 Å². The summed E-state index contributed by atoms with van der Waals surface area (Å²) in [6, 6.07) is 5.65. The number of benzene rings is 1. The van der Waals surface area contributed by atoms with Gasteiger partial charge in [-0.1, -0.05) is 47.6 Å². The monoisotopic (exact) mass is 366 g/mol. The maximum Gasteiger partial charge on any atom is 0.200 e. The Balaban J connectivity index is 2.93. The third-order valence-electron chi connectivity index (χ3n) is 4.90. The van der Waals surface area contributed by atoms with E-state index < -0.39 is 8.32 Å². The highest BCUT2D eigenvalue weighted by Gasteiger charge is 2.44. The minimum Gasteiger partial charge on any atom is -0.467 e. The van der Waals surface area contributed by atoms with Crippen LogP contribution >= 0.6 is 0 Å². The van der Waals surface area contributed by atoms with Crippen molar-refractivity contribution in [2.24, 2.45) is 0 Å². The SMILES string of the molecule is CCOCOc1ccc(CO[Si](C(C)C)(C(C)C)C(C)C)cc1C=O. The average Bonchev–Trinajstić information content (AvgIpc) is 2.55. The molecule has 0 heterocycles. The molecule has 0 bridgehead atoms. The molecule has 1 rings (SSSR count). The predicted octanol–water partition coefficient (Wildman–Crippen LogP) is 5.56. The molecule has 0 unspecified atom stereocenters. The van der Waals surface area contributed by atoms with Gasteiger partial charge < -0.3 is 13.9 Å². The third-order valence-corrected chi connectivity index (χ3v) is 11.0. The Kier molecular flexibility index (Phi) is 8.83. The van der Waals surface area contributed by atoms with E-state index in [0.717, 1.165) is 11.8 Å². The fraction of sp³-hybridized carbons (Fsp3) is 0.650. The summed E-state index contributed by atoms with van der Waals surface area (Å²) in [5, 5.41) is 0. The smallest absolute Gasteiger partial charge is 0.200 e. The molecule has 0 N–H and O–H groups in total. The summed E-state index contributed by atoms with van der Waals surface area (Å²) < 4.78 is 17.3. The van der Waals surface area contributed by atoms with Gasteiger partial charge in [-0.3, -0.25) is 4.79 Å². The molecule has 0 saturated carbocycles. The van der Waals surface area contributed by atoms with Crippen LogP contribution in [-0.4, -0.2) is 28.0 Å². The minimum absolute atomic E-state index is 0.150. The highest BCUT2D eigenvalue weighted by molar-refractivity contribution is 6.77. The van der Waals surface area contributed by atoms with E-state index in [1.54, 1.807) is 0 Å². The normalized spacial score (nSPS) is 12.2. The van der Waals surface area contributed by atoms with Gasteiger partial charge >= 0.3 is 0 Å². The van der Waals surface area contributed by atoms with E-state index in [0.29, 0.717) is 41.2 Å². The predicted molar refractivity (Wildman–Crippen MR) is 105 cm³/mol. The molecule has 142 valence electrons. The summed E-state index contributed by atoms with van der Waals surface area (Å²) in [5.41, 5.74) is 3.14. The molecule has 25 heavy (non-hydrogen) atoms. The molecular formula is C20H34O4Si. The zero-order chi connectivity index (χ0) is 19.0. The molecule has 0 aliphatic rings. The van der Waals surface area contributed by atoms with Crippen LogP contribution in [0.5, 0.6) is 5.75 Å². The van der Waals surface area contributed by atoms with Gasteiger partial charge in [-0.15, -0.1) is 0 Å². The van der Waals surface area contributed by atoms with Crippen LogP contribution in [0.1, 0.15) is 64.4 Å². The van der Waals surface area contributed by atoms with Gasteiger partial charge in [0.2, 0.25) is 8.32 Å². The summed E-state index contributed by atoms with van der Waals surface area (Å²) >= 11 is 0. The molecule has 0 amide bonds. The lowest BCUT2D eigenvalue weighted by atomic mass is 10.1. The van der Waals surface area contributed by atoms with E-state index in [4.69, 9.17) is 13.9 Å². The van der Waals surface area contributed by atoms with Gasteiger partial charge in [0.1, 0.15) is 5.75 Å². The molecular weight excluding hydrogens is 332 g/mol. The zero-order valence-corrected chi connectivity index (χ0v) is 17.8. The minimum atomic E-state index is -1.92. The lowest BCUT2D eigenvalue weighted by molar-refractivity contribution is 0.0220. The summed E-state index contributed by atoms with van der Waals surface area (Å²) in [6.07, 6.45) is 0.822. The van der Waals surface area contributed by atoms with Gasteiger partial charge in [0.05, 0.1) is 12.2 Å². The van der Waals surface area contributed by atoms with E-state index in [1.807, 2.05) is 25.1 Å². The first kappa shape index (κ1) is 21.9. The van der Waals surface area contributed by atoms with Crippen LogP contribution in [0.4, 0.5) is 0 Å². The van der Waals surface area contributed by atoms with Crippen molar-refractivity contribution in [2.75, 3.05) is 13.4 Å². The van der Waals surface area contributed by atoms with Crippen LogP contribution in [0.3, 0.4) is 0 Å². The molecule has 0 fully saturated rings. The Hall–Kier alpha value is -1.17. The van der Waals surface area contributed by atoms with Crippen molar-refractivity contribution in [3.63, 3.8) is 0 Å².